The van der Waals surface area contributed by atoms with Crippen molar-refractivity contribution in [3.05, 3.63) is 82.3 Å². The van der Waals surface area contributed by atoms with Crippen LogP contribution in [0.15, 0.2) is 81.4 Å². The van der Waals surface area contributed by atoms with E-state index in [1.807, 2.05) is 0 Å². The highest BCUT2D eigenvalue weighted by Gasteiger charge is 2.12. The molecule has 0 saturated carbocycles. The molecule has 0 fully saturated rings. The van der Waals surface area contributed by atoms with E-state index in [1.165, 1.54) is 20.3 Å². The largest absolute Gasteiger partial charge is 0.493 e. The lowest BCUT2D eigenvalue weighted by Gasteiger charge is -2.08. The van der Waals surface area contributed by atoms with Gasteiger partial charge < -0.3 is 14.3 Å². The zero-order valence-electron chi connectivity index (χ0n) is 16.7. The third-order valence-corrected chi connectivity index (χ3v) is 4.80. The van der Waals surface area contributed by atoms with Crippen molar-refractivity contribution in [1.29, 1.82) is 0 Å². The number of carbonyl (C=O) groups excluding carboxylic acids is 2. The highest BCUT2D eigenvalue weighted by molar-refractivity contribution is 9.10. The molecule has 158 valence electrons. The van der Waals surface area contributed by atoms with Gasteiger partial charge in [-0.05, 0) is 70.5 Å². The normalized spacial score (nSPS) is 10.5. The van der Waals surface area contributed by atoms with Crippen LogP contribution in [0.1, 0.15) is 20.7 Å². The number of ether oxygens (including phenoxy) is 2. The van der Waals surface area contributed by atoms with Gasteiger partial charge in [0.15, 0.2) is 11.5 Å². The Morgan fingerprint density at radius 1 is 0.903 bits per heavy atom. The first-order chi connectivity index (χ1) is 15.0. The molecule has 0 atom stereocenters. The molecule has 8 nitrogen and oxygen atoms in total. The fourth-order valence-electron chi connectivity index (χ4n) is 2.51. The third kappa shape index (κ3) is 5.67. The first-order valence-corrected chi connectivity index (χ1v) is 9.81. The Balaban J connectivity index is 1.60. The van der Waals surface area contributed by atoms with Gasteiger partial charge in [-0.15, -0.1) is 10.2 Å². The number of halogens is 1. The molecule has 1 N–H and O–H groups in total. The van der Waals surface area contributed by atoms with Crippen molar-refractivity contribution in [2.75, 3.05) is 19.7 Å². The zero-order valence-corrected chi connectivity index (χ0v) is 18.3. The van der Waals surface area contributed by atoms with Gasteiger partial charge in [-0.2, -0.15) is 0 Å². The first kappa shape index (κ1) is 22.0. The second-order valence-electron chi connectivity index (χ2n) is 6.09. The topological polar surface area (TPSA) is 98.6 Å². The Morgan fingerprint density at radius 3 is 2.29 bits per heavy atom. The molecular weight excluding hydrogens is 466 g/mol. The van der Waals surface area contributed by atoms with Gasteiger partial charge in [0.1, 0.15) is 0 Å². The van der Waals surface area contributed by atoms with E-state index in [4.69, 9.17) is 14.3 Å². The molecule has 3 rings (SSSR count). The average Bonchev–Trinajstić information content (AvgIpc) is 2.81. The zero-order chi connectivity index (χ0) is 22.2. The Labute approximate surface area is 186 Å². The number of rotatable bonds is 7. The molecule has 0 aromatic heterocycles. The quantitative estimate of drug-likeness (QED) is 0.348. The van der Waals surface area contributed by atoms with E-state index in [-0.39, 0.29) is 0 Å². The summed E-state index contributed by atoms with van der Waals surface area (Å²) in [5.41, 5.74) is 4.28. The van der Waals surface area contributed by atoms with Crippen molar-refractivity contribution in [2.45, 2.75) is 0 Å². The van der Waals surface area contributed by atoms with Gasteiger partial charge in [0.25, 0.3) is 5.91 Å². The maximum Gasteiger partial charge on any atom is 0.363 e. The highest BCUT2D eigenvalue weighted by Crippen LogP contribution is 2.28. The summed E-state index contributed by atoms with van der Waals surface area (Å²) < 4.78 is 11.0. The molecular formula is C22H18BrN3O5. The van der Waals surface area contributed by atoms with E-state index >= 15 is 0 Å². The summed E-state index contributed by atoms with van der Waals surface area (Å²) in [5.74, 6) is -0.113. The number of methoxy groups -OCH3 is 2. The van der Waals surface area contributed by atoms with Gasteiger partial charge in [0.05, 0.1) is 31.2 Å². The number of benzene rings is 3. The van der Waals surface area contributed by atoms with Crippen LogP contribution in [0.25, 0.3) is 0 Å². The molecule has 0 aliphatic rings. The summed E-state index contributed by atoms with van der Waals surface area (Å²) in [6, 6.07) is 18.2. The van der Waals surface area contributed by atoms with Gasteiger partial charge in [-0.25, -0.2) is 10.3 Å². The minimum absolute atomic E-state index is 0.318. The molecule has 3 aromatic rings. The van der Waals surface area contributed by atoms with Crippen LogP contribution in [0.4, 0.5) is 11.4 Å². The van der Waals surface area contributed by atoms with E-state index in [1.54, 1.807) is 60.7 Å². The smallest absolute Gasteiger partial charge is 0.363 e. The van der Waals surface area contributed by atoms with Gasteiger partial charge >= 0.3 is 5.97 Å². The van der Waals surface area contributed by atoms with Gasteiger partial charge in [-0.3, -0.25) is 4.79 Å². The van der Waals surface area contributed by atoms with Crippen molar-refractivity contribution in [2.24, 2.45) is 10.2 Å². The molecule has 31 heavy (non-hydrogen) atoms. The summed E-state index contributed by atoms with van der Waals surface area (Å²) >= 11 is 3.30. The van der Waals surface area contributed by atoms with Gasteiger partial charge in [-0.1, -0.05) is 12.1 Å². The van der Waals surface area contributed by atoms with E-state index in [0.717, 1.165) is 0 Å². The summed E-state index contributed by atoms with van der Waals surface area (Å²) in [4.78, 5) is 29.4. The number of azo groups is 1. The van der Waals surface area contributed by atoms with E-state index in [9.17, 15) is 9.59 Å². The number of hydrogen-bond donors (Lipinski definition) is 1. The molecule has 3 aromatic carbocycles. The molecule has 1 amide bonds. The Kier molecular flexibility index (Phi) is 7.34. The van der Waals surface area contributed by atoms with Crippen molar-refractivity contribution in [3.63, 3.8) is 0 Å². The van der Waals surface area contributed by atoms with Crippen LogP contribution >= 0.6 is 15.9 Å². The van der Waals surface area contributed by atoms with E-state index < -0.39 is 11.9 Å². The Bertz CT molecular complexity index is 1120. The minimum atomic E-state index is -0.531. The third-order valence-electron chi connectivity index (χ3n) is 4.11. The molecule has 0 spiro atoms. The predicted molar refractivity (Wildman–Crippen MR) is 118 cm³/mol. The van der Waals surface area contributed by atoms with Crippen LogP contribution in [0, 0.1) is 0 Å². The lowest BCUT2D eigenvalue weighted by atomic mass is 10.2. The van der Waals surface area contributed by atoms with Crippen LogP contribution in [0.5, 0.6) is 11.5 Å². The fraction of sp³-hybridized carbons (Fsp3) is 0.0909. The van der Waals surface area contributed by atoms with Crippen molar-refractivity contribution in [3.8, 4) is 11.5 Å². The lowest BCUT2D eigenvalue weighted by molar-refractivity contribution is 0.0595. The van der Waals surface area contributed by atoms with E-state index in [2.05, 4.69) is 31.6 Å². The molecule has 0 unspecified atom stereocenters. The minimum Gasteiger partial charge on any atom is -0.493 e. The summed E-state index contributed by atoms with van der Waals surface area (Å²) in [5, 5.41) is 7.67. The van der Waals surface area contributed by atoms with Crippen molar-refractivity contribution >= 4 is 39.2 Å². The number of hydrogen-bond acceptors (Lipinski definition) is 7. The van der Waals surface area contributed by atoms with Crippen LogP contribution in [-0.2, 0) is 4.84 Å². The maximum atomic E-state index is 12.3. The summed E-state index contributed by atoms with van der Waals surface area (Å²) in [7, 11) is 3.00. The summed E-state index contributed by atoms with van der Waals surface area (Å²) in [6.07, 6.45) is 0. The molecule has 0 bridgehead atoms. The second-order valence-corrected chi connectivity index (χ2v) is 6.95. The lowest BCUT2D eigenvalue weighted by Crippen LogP contribution is -2.11. The molecule has 9 heteroatoms. The average molecular weight is 484 g/mol. The molecule has 0 aliphatic heterocycles. The standard InChI is InChI=1S/C22H18BrN3O5/c1-29-19-12-7-14(13-20(19)30-2)21(27)25-24-15-8-10-16(11-9-15)26-31-22(28)17-5-3-4-6-18(17)23/h3-13,26H,1-2H3. The fourth-order valence-corrected chi connectivity index (χ4v) is 2.96. The number of nitrogens with one attached hydrogen (secondary N) is 1. The summed E-state index contributed by atoms with van der Waals surface area (Å²) in [6.45, 7) is 0. The molecule has 0 aliphatic carbocycles. The van der Waals surface area contributed by atoms with Crippen LogP contribution in [0.3, 0.4) is 0 Å². The van der Waals surface area contributed by atoms with Gasteiger partial charge in [0, 0.05) is 10.0 Å². The maximum absolute atomic E-state index is 12.3. The SMILES string of the molecule is COc1ccc(C(=O)N=Nc2ccc(NOC(=O)c3ccccc3Br)cc2)cc1OC. The predicted octanol–water partition coefficient (Wildman–Crippen LogP) is 5.57. The number of nitrogens with zero attached hydrogens (tertiary/aromatic N) is 2. The van der Waals surface area contributed by atoms with Crippen LogP contribution in [0.2, 0.25) is 0 Å². The van der Waals surface area contributed by atoms with Crippen molar-refractivity contribution < 1.29 is 23.9 Å². The first-order valence-electron chi connectivity index (χ1n) is 9.01. The Morgan fingerprint density at radius 2 is 1.61 bits per heavy atom. The highest BCUT2D eigenvalue weighted by atomic mass is 79.9. The van der Waals surface area contributed by atoms with E-state index in [0.29, 0.717) is 38.5 Å². The molecule has 0 heterocycles. The monoisotopic (exact) mass is 483 g/mol. The second kappa shape index (κ2) is 10.4. The molecule has 0 saturated heterocycles. The number of amides is 1. The number of carbonyl (C=O) groups is 2. The van der Waals surface area contributed by atoms with Crippen LogP contribution in [-0.4, -0.2) is 26.1 Å². The molecule has 0 radical (unpaired) electrons. The Hall–Kier alpha value is -3.72. The van der Waals surface area contributed by atoms with Crippen LogP contribution < -0.4 is 15.0 Å². The van der Waals surface area contributed by atoms with Gasteiger partial charge in [0.2, 0.25) is 0 Å². The van der Waals surface area contributed by atoms with Crippen molar-refractivity contribution in [1.82, 2.24) is 0 Å². The number of anilines is 1.